The number of methoxy groups -OCH3 is 1. The van der Waals surface area contributed by atoms with Crippen molar-refractivity contribution in [3.63, 3.8) is 0 Å². The molecule has 32 heavy (non-hydrogen) atoms. The maximum atomic E-state index is 13.0. The molecule has 2 aromatic carbocycles. The molecule has 0 spiro atoms. The van der Waals surface area contributed by atoms with Gasteiger partial charge in [0.25, 0.3) is 5.91 Å². The Balaban J connectivity index is 1.18. The summed E-state index contributed by atoms with van der Waals surface area (Å²) >= 11 is 1.73. The summed E-state index contributed by atoms with van der Waals surface area (Å²) in [5.41, 5.74) is 4.02. The number of nitrogens with zero attached hydrogens (tertiary/aromatic N) is 3. The number of rotatable bonds is 6. The molecule has 1 aliphatic heterocycles. The molecule has 1 fully saturated rings. The van der Waals surface area contributed by atoms with E-state index in [2.05, 4.69) is 23.3 Å². The van der Waals surface area contributed by atoms with E-state index >= 15 is 0 Å². The number of carbonyl (C=O) groups is 1. The second-order valence-corrected chi connectivity index (χ2v) is 9.07. The van der Waals surface area contributed by atoms with Crippen molar-refractivity contribution in [3.05, 3.63) is 95.9 Å². The molecule has 1 aliphatic rings. The van der Waals surface area contributed by atoms with E-state index in [-0.39, 0.29) is 5.91 Å². The normalized spacial score (nSPS) is 15.9. The van der Waals surface area contributed by atoms with Crippen LogP contribution in [0.15, 0.2) is 84.0 Å². The summed E-state index contributed by atoms with van der Waals surface area (Å²) < 4.78 is 7.28. The van der Waals surface area contributed by atoms with E-state index in [0.29, 0.717) is 5.92 Å². The highest BCUT2D eigenvalue weighted by atomic mass is 32.2. The summed E-state index contributed by atoms with van der Waals surface area (Å²) in [7, 11) is 1.67. The first-order chi connectivity index (χ1) is 15.7. The first-order valence-corrected chi connectivity index (χ1v) is 11.8. The predicted molar refractivity (Wildman–Crippen MR) is 127 cm³/mol. The highest BCUT2D eigenvalue weighted by molar-refractivity contribution is 7.98. The molecule has 0 aliphatic carbocycles. The Morgan fingerprint density at radius 2 is 1.91 bits per heavy atom. The molecule has 0 N–H and O–H groups in total. The number of amides is 1. The Morgan fingerprint density at radius 1 is 1.09 bits per heavy atom. The van der Waals surface area contributed by atoms with E-state index in [1.165, 1.54) is 5.56 Å². The summed E-state index contributed by atoms with van der Waals surface area (Å²) in [5.74, 6) is 2.15. The van der Waals surface area contributed by atoms with Crippen LogP contribution in [-0.4, -0.2) is 40.4 Å². The van der Waals surface area contributed by atoms with Gasteiger partial charge in [-0.2, -0.15) is 0 Å². The summed E-state index contributed by atoms with van der Waals surface area (Å²) in [6, 6.07) is 22.1. The number of aromatic nitrogens is 2. The summed E-state index contributed by atoms with van der Waals surface area (Å²) in [5, 5.41) is 0. The van der Waals surface area contributed by atoms with Crippen molar-refractivity contribution in [3.8, 4) is 5.75 Å². The molecule has 0 radical (unpaired) electrons. The first-order valence-electron chi connectivity index (χ1n) is 10.8. The van der Waals surface area contributed by atoms with Gasteiger partial charge < -0.3 is 14.0 Å². The average Bonchev–Trinajstić information content (AvgIpc) is 3.50. The number of fused-ring (bicyclic) bond motifs is 1. The topological polar surface area (TPSA) is 46.8 Å². The van der Waals surface area contributed by atoms with Crippen LogP contribution in [0.25, 0.3) is 5.65 Å². The quantitative estimate of drug-likeness (QED) is 0.381. The molecule has 1 saturated heterocycles. The number of ether oxygens (including phenoxy) is 1. The van der Waals surface area contributed by atoms with E-state index in [9.17, 15) is 4.79 Å². The summed E-state index contributed by atoms with van der Waals surface area (Å²) in [4.78, 5) is 20.7. The van der Waals surface area contributed by atoms with E-state index in [1.807, 2.05) is 70.1 Å². The molecule has 5 nitrogen and oxygen atoms in total. The minimum Gasteiger partial charge on any atom is -0.497 e. The van der Waals surface area contributed by atoms with Crippen LogP contribution in [-0.2, 0) is 5.75 Å². The largest absolute Gasteiger partial charge is 0.497 e. The lowest BCUT2D eigenvalue weighted by atomic mass is 9.98. The zero-order valence-corrected chi connectivity index (χ0v) is 18.8. The number of benzene rings is 2. The third-order valence-corrected chi connectivity index (χ3v) is 7.01. The number of imidazole rings is 1. The first kappa shape index (κ1) is 20.6. The van der Waals surface area contributed by atoms with Gasteiger partial charge in [-0.25, -0.2) is 4.98 Å². The number of carbonyl (C=O) groups excluding carboxylic acids is 1. The summed E-state index contributed by atoms with van der Waals surface area (Å²) in [6.07, 6.45) is 5.06. The molecule has 0 saturated carbocycles. The Bertz CT molecular complexity index is 1190. The molecule has 1 atom stereocenters. The number of pyridine rings is 1. The number of hydrogen-bond acceptors (Lipinski definition) is 4. The van der Waals surface area contributed by atoms with Gasteiger partial charge in [0.2, 0.25) is 0 Å². The highest BCUT2D eigenvalue weighted by Gasteiger charge is 2.28. The van der Waals surface area contributed by atoms with Crippen LogP contribution in [0.2, 0.25) is 0 Å². The Kier molecular flexibility index (Phi) is 5.86. The van der Waals surface area contributed by atoms with Crippen molar-refractivity contribution in [2.24, 2.45) is 0 Å². The van der Waals surface area contributed by atoms with Crippen molar-refractivity contribution in [1.82, 2.24) is 14.3 Å². The Labute approximate surface area is 192 Å². The summed E-state index contributed by atoms with van der Waals surface area (Å²) in [6.45, 7) is 1.55. The molecule has 0 bridgehead atoms. The average molecular weight is 444 g/mol. The monoisotopic (exact) mass is 443 g/mol. The van der Waals surface area contributed by atoms with Gasteiger partial charge in [0.05, 0.1) is 12.8 Å². The molecule has 3 heterocycles. The third kappa shape index (κ3) is 4.36. The molecule has 162 valence electrons. The van der Waals surface area contributed by atoms with Gasteiger partial charge in [-0.3, -0.25) is 4.79 Å². The van der Waals surface area contributed by atoms with Crippen LogP contribution in [0.1, 0.15) is 34.0 Å². The minimum atomic E-state index is 0.109. The number of likely N-dealkylation sites (tertiary alicyclic amines) is 1. The fourth-order valence-electron chi connectivity index (χ4n) is 4.18. The minimum absolute atomic E-state index is 0.109. The third-order valence-electron chi connectivity index (χ3n) is 5.96. The second-order valence-electron chi connectivity index (χ2n) is 8.02. The molecule has 5 rings (SSSR count). The fraction of sp³-hybridized carbons (Fsp3) is 0.231. The highest BCUT2D eigenvalue weighted by Crippen LogP contribution is 2.30. The van der Waals surface area contributed by atoms with Crippen molar-refractivity contribution < 1.29 is 9.53 Å². The lowest BCUT2D eigenvalue weighted by Crippen LogP contribution is -2.28. The molecule has 1 unspecified atom stereocenters. The lowest BCUT2D eigenvalue weighted by molar-refractivity contribution is 0.0790. The van der Waals surface area contributed by atoms with Crippen LogP contribution in [0.3, 0.4) is 0 Å². The van der Waals surface area contributed by atoms with Crippen molar-refractivity contribution in [1.29, 1.82) is 0 Å². The van der Waals surface area contributed by atoms with Gasteiger partial charge in [0.15, 0.2) is 0 Å². The van der Waals surface area contributed by atoms with Gasteiger partial charge in [-0.1, -0.05) is 18.2 Å². The second kappa shape index (κ2) is 9.09. The maximum absolute atomic E-state index is 13.0. The molecule has 6 heteroatoms. The van der Waals surface area contributed by atoms with Crippen LogP contribution in [0, 0.1) is 0 Å². The van der Waals surface area contributed by atoms with Gasteiger partial charge >= 0.3 is 0 Å². The van der Waals surface area contributed by atoms with Crippen LogP contribution in [0.5, 0.6) is 5.75 Å². The molecule has 4 aromatic rings. The van der Waals surface area contributed by atoms with Crippen LogP contribution < -0.4 is 4.74 Å². The Hall–Kier alpha value is -3.25. The zero-order chi connectivity index (χ0) is 21.9. The zero-order valence-electron chi connectivity index (χ0n) is 18.0. The van der Waals surface area contributed by atoms with E-state index < -0.39 is 0 Å². The molecule has 2 aromatic heterocycles. The Morgan fingerprint density at radius 3 is 2.66 bits per heavy atom. The van der Waals surface area contributed by atoms with Gasteiger partial charge in [0.1, 0.15) is 11.4 Å². The predicted octanol–water partition coefficient (Wildman–Crippen LogP) is 5.26. The SMILES string of the molecule is COc1ccc(C2CCN(C(=O)c3ccc(SCc4cn5ccccc5n4)cc3)C2)cc1. The van der Waals surface area contributed by atoms with E-state index in [1.54, 1.807) is 18.9 Å². The molecular weight excluding hydrogens is 418 g/mol. The van der Waals surface area contributed by atoms with Gasteiger partial charge in [0, 0.05) is 47.6 Å². The lowest BCUT2D eigenvalue weighted by Gasteiger charge is -2.17. The molecular formula is C26H25N3O2S. The van der Waals surface area contributed by atoms with E-state index in [0.717, 1.165) is 52.8 Å². The standard InChI is InChI=1S/C26H25N3O2S/c1-31-23-9-5-19(6-10-23)21-13-15-29(16-21)26(30)20-7-11-24(12-8-20)32-18-22-17-28-14-3-2-4-25(28)27-22/h2-12,14,17,21H,13,15-16,18H2,1H3. The van der Waals surface area contributed by atoms with Crippen molar-refractivity contribution in [2.75, 3.05) is 20.2 Å². The smallest absolute Gasteiger partial charge is 0.253 e. The maximum Gasteiger partial charge on any atom is 0.253 e. The van der Waals surface area contributed by atoms with E-state index in [4.69, 9.17) is 4.74 Å². The molecule has 1 amide bonds. The van der Waals surface area contributed by atoms with Gasteiger partial charge in [-0.05, 0) is 60.5 Å². The fourth-order valence-corrected chi connectivity index (χ4v) is 4.97. The van der Waals surface area contributed by atoms with Crippen molar-refractivity contribution in [2.45, 2.75) is 23.0 Å². The van der Waals surface area contributed by atoms with Gasteiger partial charge in [-0.15, -0.1) is 11.8 Å². The number of thioether (sulfide) groups is 1. The van der Waals surface area contributed by atoms with Crippen molar-refractivity contribution >= 4 is 23.3 Å². The number of hydrogen-bond donors (Lipinski definition) is 0. The van der Waals surface area contributed by atoms with Crippen LogP contribution >= 0.6 is 11.8 Å². The van der Waals surface area contributed by atoms with Crippen LogP contribution in [0.4, 0.5) is 0 Å².